The molecule has 0 aromatic carbocycles. The zero-order valence-electron chi connectivity index (χ0n) is 8.08. The van der Waals surface area contributed by atoms with E-state index in [4.69, 9.17) is 16.3 Å². The van der Waals surface area contributed by atoms with Crippen LogP contribution < -0.4 is 10.3 Å². The maximum Gasteiger partial charge on any atom is 0.299 e. The van der Waals surface area contributed by atoms with Crippen molar-refractivity contribution >= 4 is 11.6 Å². The zero-order chi connectivity index (χ0) is 10.7. The number of methoxy groups -OCH3 is 1. The third-order valence-corrected chi connectivity index (χ3v) is 1.73. The number of aryl methyl sites for hydroxylation is 1. The highest BCUT2D eigenvalue weighted by Gasteiger charge is 2.07. The topological polar surface area (TPSA) is 44.1 Å². The summed E-state index contributed by atoms with van der Waals surface area (Å²) in [6.07, 6.45) is 0. The van der Waals surface area contributed by atoms with Gasteiger partial charge < -0.3 is 4.74 Å². The van der Waals surface area contributed by atoms with Crippen molar-refractivity contribution in [1.29, 1.82) is 0 Å². The fraction of sp³-hybridized carbons (Fsp3) is 0.333. The van der Waals surface area contributed by atoms with Crippen molar-refractivity contribution in [2.24, 2.45) is 0 Å². The number of rotatable bonds is 3. The van der Waals surface area contributed by atoms with Crippen LogP contribution in [0.4, 0.5) is 0 Å². The van der Waals surface area contributed by atoms with Crippen LogP contribution >= 0.6 is 11.6 Å². The van der Waals surface area contributed by atoms with Crippen LogP contribution in [0.5, 0.6) is 6.01 Å². The summed E-state index contributed by atoms with van der Waals surface area (Å²) in [7, 11) is 1.45. The van der Waals surface area contributed by atoms with Crippen LogP contribution in [-0.2, 0) is 6.54 Å². The van der Waals surface area contributed by atoms with Crippen LogP contribution in [0, 0.1) is 6.92 Å². The molecule has 1 heterocycles. The Balaban J connectivity index is 3.25. The first kappa shape index (κ1) is 10.8. The Morgan fingerprint density at radius 2 is 2.43 bits per heavy atom. The first-order valence-corrected chi connectivity index (χ1v) is 4.38. The molecule has 0 atom stereocenters. The van der Waals surface area contributed by atoms with Crippen LogP contribution in [0.1, 0.15) is 5.69 Å². The largest absolute Gasteiger partial charge is 0.468 e. The molecule has 0 unspecified atom stereocenters. The average molecular weight is 215 g/mol. The van der Waals surface area contributed by atoms with Crippen molar-refractivity contribution < 1.29 is 4.74 Å². The zero-order valence-corrected chi connectivity index (χ0v) is 8.84. The van der Waals surface area contributed by atoms with Crippen LogP contribution in [0.3, 0.4) is 0 Å². The summed E-state index contributed by atoms with van der Waals surface area (Å²) in [5, 5.41) is 0.357. The Morgan fingerprint density at radius 1 is 1.79 bits per heavy atom. The summed E-state index contributed by atoms with van der Waals surface area (Å²) in [4.78, 5) is 15.5. The second-order valence-electron chi connectivity index (χ2n) is 2.83. The van der Waals surface area contributed by atoms with E-state index in [-0.39, 0.29) is 18.1 Å². The van der Waals surface area contributed by atoms with Gasteiger partial charge in [0.1, 0.15) is 0 Å². The van der Waals surface area contributed by atoms with E-state index in [0.717, 1.165) is 0 Å². The van der Waals surface area contributed by atoms with E-state index in [0.29, 0.717) is 10.7 Å². The second-order valence-corrected chi connectivity index (χ2v) is 3.36. The molecule has 0 bridgehead atoms. The number of nitrogens with zero attached hydrogens (tertiary/aromatic N) is 2. The summed E-state index contributed by atoms with van der Waals surface area (Å²) < 4.78 is 6.28. The first-order chi connectivity index (χ1) is 6.54. The maximum absolute atomic E-state index is 11.5. The number of hydrogen-bond acceptors (Lipinski definition) is 3. The molecule has 0 saturated carbocycles. The molecule has 0 aliphatic carbocycles. The minimum absolute atomic E-state index is 0.198. The van der Waals surface area contributed by atoms with E-state index >= 15 is 0 Å². The summed E-state index contributed by atoms with van der Waals surface area (Å²) in [6, 6.07) is 1.67. The van der Waals surface area contributed by atoms with Gasteiger partial charge in [0.2, 0.25) is 0 Å². The Labute approximate surface area is 86.8 Å². The molecule has 1 aromatic heterocycles. The van der Waals surface area contributed by atoms with Gasteiger partial charge in [-0.3, -0.25) is 9.36 Å². The molecule has 0 fully saturated rings. The Kier molecular flexibility index (Phi) is 3.30. The average Bonchev–Trinajstić information content (AvgIpc) is 2.08. The lowest BCUT2D eigenvalue weighted by Crippen LogP contribution is -2.22. The third-order valence-electron chi connectivity index (χ3n) is 1.61. The molecule has 4 nitrogen and oxygen atoms in total. The first-order valence-electron chi connectivity index (χ1n) is 4.00. The SMILES string of the molecule is C=C(Cl)Cn1c(OC)nc(C)cc1=O. The molecule has 0 radical (unpaired) electrons. The van der Waals surface area contributed by atoms with E-state index < -0.39 is 0 Å². The van der Waals surface area contributed by atoms with Gasteiger partial charge in [0.25, 0.3) is 11.6 Å². The number of ether oxygens (including phenoxy) is 1. The van der Waals surface area contributed by atoms with Crippen molar-refractivity contribution in [2.75, 3.05) is 7.11 Å². The van der Waals surface area contributed by atoms with E-state index in [1.54, 1.807) is 6.92 Å². The van der Waals surface area contributed by atoms with E-state index in [2.05, 4.69) is 11.6 Å². The van der Waals surface area contributed by atoms with Crippen molar-refractivity contribution in [2.45, 2.75) is 13.5 Å². The van der Waals surface area contributed by atoms with Crippen LogP contribution in [0.2, 0.25) is 0 Å². The minimum atomic E-state index is -0.198. The standard InChI is InChI=1S/C9H11ClN2O2/c1-6(10)5-12-8(13)4-7(2)11-9(12)14-3/h4H,1,5H2,2-3H3. The van der Waals surface area contributed by atoms with Gasteiger partial charge in [0.15, 0.2) is 0 Å². The van der Waals surface area contributed by atoms with Gasteiger partial charge in [-0.05, 0) is 6.92 Å². The fourth-order valence-corrected chi connectivity index (χ4v) is 1.19. The highest BCUT2D eigenvalue weighted by atomic mass is 35.5. The summed E-state index contributed by atoms with van der Waals surface area (Å²) in [5.41, 5.74) is 0.416. The van der Waals surface area contributed by atoms with Crippen LogP contribution in [-0.4, -0.2) is 16.7 Å². The molecule has 76 valence electrons. The van der Waals surface area contributed by atoms with Crippen molar-refractivity contribution in [3.8, 4) is 6.01 Å². The summed E-state index contributed by atoms with van der Waals surface area (Å²) in [5.74, 6) is 0. The number of aromatic nitrogens is 2. The van der Waals surface area contributed by atoms with Gasteiger partial charge in [0, 0.05) is 16.8 Å². The number of allylic oxidation sites excluding steroid dienone is 1. The van der Waals surface area contributed by atoms with E-state index in [9.17, 15) is 4.79 Å². The highest BCUT2D eigenvalue weighted by Crippen LogP contribution is 2.08. The molecule has 14 heavy (non-hydrogen) atoms. The number of hydrogen-bond donors (Lipinski definition) is 0. The van der Waals surface area contributed by atoms with Crippen molar-refractivity contribution in [1.82, 2.24) is 9.55 Å². The molecule has 0 spiro atoms. The van der Waals surface area contributed by atoms with Gasteiger partial charge in [-0.25, -0.2) is 4.98 Å². The molecule has 0 aliphatic heterocycles. The van der Waals surface area contributed by atoms with Gasteiger partial charge in [-0.1, -0.05) is 18.2 Å². The fourth-order valence-electron chi connectivity index (χ4n) is 1.07. The van der Waals surface area contributed by atoms with Gasteiger partial charge in [-0.15, -0.1) is 0 Å². The van der Waals surface area contributed by atoms with Crippen molar-refractivity contribution in [3.63, 3.8) is 0 Å². The minimum Gasteiger partial charge on any atom is -0.468 e. The molecule has 0 amide bonds. The lowest BCUT2D eigenvalue weighted by molar-refractivity contribution is 0.350. The second kappa shape index (κ2) is 4.28. The monoisotopic (exact) mass is 214 g/mol. The molecule has 1 aromatic rings. The van der Waals surface area contributed by atoms with Gasteiger partial charge in [-0.2, -0.15) is 0 Å². The Hall–Kier alpha value is -1.29. The summed E-state index contributed by atoms with van der Waals surface area (Å²) in [6.45, 7) is 5.44. The van der Waals surface area contributed by atoms with Crippen LogP contribution in [0.25, 0.3) is 0 Å². The molecule has 0 saturated heterocycles. The van der Waals surface area contributed by atoms with Gasteiger partial charge >= 0.3 is 0 Å². The predicted molar refractivity (Wildman–Crippen MR) is 54.8 cm³/mol. The molecule has 1 rings (SSSR count). The smallest absolute Gasteiger partial charge is 0.299 e. The molecule has 0 N–H and O–H groups in total. The molecule has 0 aliphatic rings. The Bertz CT molecular complexity index is 412. The number of halogens is 1. The maximum atomic E-state index is 11.5. The van der Waals surface area contributed by atoms with E-state index in [1.165, 1.54) is 17.7 Å². The predicted octanol–water partition coefficient (Wildman–Crippen LogP) is 1.31. The highest BCUT2D eigenvalue weighted by molar-refractivity contribution is 6.29. The lowest BCUT2D eigenvalue weighted by Gasteiger charge is -2.09. The van der Waals surface area contributed by atoms with E-state index in [1.807, 2.05) is 0 Å². The normalized spacial score (nSPS) is 9.93. The quantitative estimate of drug-likeness (QED) is 0.762. The molecule has 5 heteroatoms. The van der Waals surface area contributed by atoms with Gasteiger partial charge in [0.05, 0.1) is 13.7 Å². The van der Waals surface area contributed by atoms with Crippen molar-refractivity contribution in [3.05, 3.63) is 33.7 Å². The molecular formula is C9H11ClN2O2. The lowest BCUT2D eigenvalue weighted by atomic mass is 10.4. The Morgan fingerprint density at radius 3 is 2.93 bits per heavy atom. The third kappa shape index (κ3) is 2.35. The molecular weight excluding hydrogens is 204 g/mol. The van der Waals surface area contributed by atoms with Crippen LogP contribution in [0.15, 0.2) is 22.5 Å². The summed E-state index contributed by atoms with van der Waals surface area (Å²) >= 11 is 5.62.